The van der Waals surface area contributed by atoms with E-state index in [0.717, 1.165) is 24.6 Å². The van der Waals surface area contributed by atoms with Gasteiger partial charge in [-0.2, -0.15) is 0 Å². The minimum atomic E-state index is 0.630. The summed E-state index contributed by atoms with van der Waals surface area (Å²) in [6.07, 6.45) is 5.27. The van der Waals surface area contributed by atoms with E-state index in [-0.39, 0.29) is 0 Å². The molecule has 2 heterocycles. The highest BCUT2D eigenvalue weighted by Crippen LogP contribution is 2.20. The average Bonchev–Trinajstić information content (AvgIpc) is 2.97. The highest BCUT2D eigenvalue weighted by atomic mass is 15.1. The third-order valence-electron chi connectivity index (χ3n) is 3.92. The summed E-state index contributed by atoms with van der Waals surface area (Å²) in [4.78, 5) is 11.2. The third kappa shape index (κ3) is 3.82. The van der Waals surface area contributed by atoms with Gasteiger partial charge in [0.05, 0.1) is 0 Å². The van der Waals surface area contributed by atoms with Crippen LogP contribution in [0.15, 0.2) is 6.33 Å². The first kappa shape index (κ1) is 15.0. The standard InChI is InChI=1S/C15H27N5/c1-4-13-14(16-3)18-11-19-15(13)17-9-12(2)10-20-7-5-6-8-20/h11-12H,4-10H2,1-3H3,(H2,16,17,18,19). The number of aromatic nitrogens is 2. The van der Waals surface area contributed by atoms with Gasteiger partial charge in [0.2, 0.25) is 0 Å². The highest BCUT2D eigenvalue weighted by molar-refractivity contribution is 5.57. The molecule has 1 aliphatic rings. The molecule has 1 unspecified atom stereocenters. The first-order valence-corrected chi connectivity index (χ1v) is 7.72. The Labute approximate surface area is 122 Å². The monoisotopic (exact) mass is 277 g/mol. The molecule has 0 saturated carbocycles. The topological polar surface area (TPSA) is 53.1 Å². The summed E-state index contributed by atoms with van der Waals surface area (Å²) >= 11 is 0. The minimum Gasteiger partial charge on any atom is -0.373 e. The first-order valence-electron chi connectivity index (χ1n) is 7.72. The second kappa shape index (κ2) is 7.43. The van der Waals surface area contributed by atoms with Crippen LogP contribution in [0.25, 0.3) is 0 Å². The van der Waals surface area contributed by atoms with Crippen molar-refractivity contribution < 1.29 is 0 Å². The molecule has 1 aliphatic heterocycles. The van der Waals surface area contributed by atoms with Gasteiger partial charge >= 0.3 is 0 Å². The van der Waals surface area contributed by atoms with Crippen LogP contribution < -0.4 is 10.6 Å². The fourth-order valence-electron chi connectivity index (χ4n) is 2.86. The van der Waals surface area contributed by atoms with Crippen LogP contribution in [-0.2, 0) is 6.42 Å². The molecule has 0 aliphatic carbocycles. The second-order valence-electron chi connectivity index (χ2n) is 5.65. The van der Waals surface area contributed by atoms with E-state index in [4.69, 9.17) is 0 Å². The van der Waals surface area contributed by atoms with Crippen molar-refractivity contribution in [3.63, 3.8) is 0 Å². The van der Waals surface area contributed by atoms with Crippen molar-refractivity contribution in [1.29, 1.82) is 0 Å². The summed E-state index contributed by atoms with van der Waals surface area (Å²) < 4.78 is 0. The summed E-state index contributed by atoms with van der Waals surface area (Å²) in [7, 11) is 1.90. The number of hydrogen-bond donors (Lipinski definition) is 2. The molecule has 1 atom stereocenters. The van der Waals surface area contributed by atoms with Crippen LogP contribution in [0, 0.1) is 5.92 Å². The number of rotatable bonds is 7. The Morgan fingerprint density at radius 1 is 1.25 bits per heavy atom. The molecule has 1 fully saturated rings. The van der Waals surface area contributed by atoms with Gasteiger partial charge in [-0.3, -0.25) is 0 Å². The second-order valence-corrected chi connectivity index (χ2v) is 5.65. The van der Waals surface area contributed by atoms with E-state index in [1.54, 1.807) is 6.33 Å². The Balaban J connectivity index is 1.89. The van der Waals surface area contributed by atoms with Crippen molar-refractivity contribution >= 4 is 11.6 Å². The van der Waals surface area contributed by atoms with E-state index in [2.05, 4.69) is 39.3 Å². The number of nitrogens with one attached hydrogen (secondary N) is 2. The molecule has 0 bridgehead atoms. The fraction of sp³-hybridized carbons (Fsp3) is 0.733. The van der Waals surface area contributed by atoms with Crippen molar-refractivity contribution in [2.45, 2.75) is 33.1 Å². The normalized spacial score (nSPS) is 17.1. The van der Waals surface area contributed by atoms with Crippen LogP contribution in [0.1, 0.15) is 32.3 Å². The van der Waals surface area contributed by atoms with Crippen LogP contribution in [0.4, 0.5) is 11.6 Å². The molecule has 1 aromatic rings. The molecular formula is C15H27N5. The van der Waals surface area contributed by atoms with E-state index in [1.807, 2.05) is 7.05 Å². The van der Waals surface area contributed by atoms with Crippen LogP contribution in [0.2, 0.25) is 0 Å². The lowest BCUT2D eigenvalue weighted by Crippen LogP contribution is -2.29. The van der Waals surface area contributed by atoms with E-state index >= 15 is 0 Å². The van der Waals surface area contributed by atoms with Gasteiger partial charge in [-0.05, 0) is 38.3 Å². The number of anilines is 2. The minimum absolute atomic E-state index is 0.630. The molecule has 0 spiro atoms. The van der Waals surface area contributed by atoms with Gasteiger partial charge < -0.3 is 15.5 Å². The molecule has 2 rings (SSSR count). The molecule has 5 nitrogen and oxygen atoms in total. The van der Waals surface area contributed by atoms with E-state index < -0.39 is 0 Å². The molecule has 2 N–H and O–H groups in total. The Kier molecular flexibility index (Phi) is 5.59. The van der Waals surface area contributed by atoms with E-state index in [1.165, 1.54) is 38.0 Å². The predicted molar refractivity (Wildman–Crippen MR) is 84.3 cm³/mol. The summed E-state index contributed by atoms with van der Waals surface area (Å²) in [5.74, 6) is 2.53. The smallest absolute Gasteiger partial charge is 0.134 e. The van der Waals surface area contributed by atoms with Gasteiger partial charge in [-0.1, -0.05) is 13.8 Å². The van der Waals surface area contributed by atoms with Gasteiger partial charge in [0.25, 0.3) is 0 Å². The zero-order chi connectivity index (χ0) is 14.4. The third-order valence-corrected chi connectivity index (χ3v) is 3.92. The zero-order valence-corrected chi connectivity index (χ0v) is 12.9. The maximum absolute atomic E-state index is 4.39. The lowest BCUT2D eigenvalue weighted by Gasteiger charge is -2.21. The van der Waals surface area contributed by atoms with Crippen molar-refractivity contribution in [2.75, 3.05) is 43.9 Å². The van der Waals surface area contributed by atoms with Gasteiger partial charge in [0, 0.05) is 25.7 Å². The quantitative estimate of drug-likeness (QED) is 0.800. The molecule has 20 heavy (non-hydrogen) atoms. The van der Waals surface area contributed by atoms with Gasteiger partial charge in [-0.25, -0.2) is 9.97 Å². The van der Waals surface area contributed by atoms with E-state index in [0.29, 0.717) is 5.92 Å². The largest absolute Gasteiger partial charge is 0.373 e. The number of likely N-dealkylation sites (tertiary alicyclic amines) is 1. The Morgan fingerprint density at radius 3 is 2.60 bits per heavy atom. The maximum Gasteiger partial charge on any atom is 0.134 e. The van der Waals surface area contributed by atoms with Crippen LogP contribution in [-0.4, -0.2) is 48.1 Å². The SMILES string of the molecule is CCc1c(NC)ncnc1NCC(C)CN1CCCC1. The highest BCUT2D eigenvalue weighted by Gasteiger charge is 2.15. The molecule has 112 valence electrons. The van der Waals surface area contributed by atoms with Crippen LogP contribution >= 0.6 is 0 Å². The summed E-state index contributed by atoms with van der Waals surface area (Å²) in [6, 6.07) is 0. The lowest BCUT2D eigenvalue weighted by atomic mass is 10.1. The van der Waals surface area contributed by atoms with Crippen molar-refractivity contribution in [3.05, 3.63) is 11.9 Å². The molecule has 5 heteroatoms. The number of hydrogen-bond acceptors (Lipinski definition) is 5. The van der Waals surface area contributed by atoms with Crippen molar-refractivity contribution in [1.82, 2.24) is 14.9 Å². The predicted octanol–water partition coefficient (Wildman–Crippen LogP) is 2.22. The van der Waals surface area contributed by atoms with Crippen LogP contribution in [0.3, 0.4) is 0 Å². The van der Waals surface area contributed by atoms with Gasteiger partial charge in [0.15, 0.2) is 0 Å². The van der Waals surface area contributed by atoms with Crippen molar-refractivity contribution in [3.8, 4) is 0 Å². The van der Waals surface area contributed by atoms with Gasteiger partial charge in [-0.15, -0.1) is 0 Å². The Morgan fingerprint density at radius 2 is 1.95 bits per heavy atom. The summed E-state index contributed by atoms with van der Waals surface area (Å²) in [6.45, 7) is 9.11. The summed E-state index contributed by atoms with van der Waals surface area (Å²) in [5, 5.41) is 6.63. The van der Waals surface area contributed by atoms with E-state index in [9.17, 15) is 0 Å². The maximum atomic E-state index is 4.39. The fourth-order valence-corrected chi connectivity index (χ4v) is 2.86. The van der Waals surface area contributed by atoms with Gasteiger partial charge in [0.1, 0.15) is 18.0 Å². The molecule has 1 saturated heterocycles. The van der Waals surface area contributed by atoms with Crippen LogP contribution in [0.5, 0.6) is 0 Å². The van der Waals surface area contributed by atoms with Crippen molar-refractivity contribution in [2.24, 2.45) is 5.92 Å². The first-order chi connectivity index (χ1) is 9.74. The Bertz CT molecular complexity index is 415. The lowest BCUT2D eigenvalue weighted by molar-refractivity contribution is 0.294. The number of nitrogens with zero attached hydrogens (tertiary/aromatic N) is 3. The summed E-state index contributed by atoms with van der Waals surface area (Å²) in [5.41, 5.74) is 1.17. The Hall–Kier alpha value is -1.36. The molecule has 0 radical (unpaired) electrons. The molecule has 0 amide bonds. The molecular weight excluding hydrogens is 250 g/mol. The average molecular weight is 277 g/mol. The molecule has 0 aromatic carbocycles. The zero-order valence-electron chi connectivity index (χ0n) is 12.9. The molecule has 1 aromatic heterocycles.